The van der Waals surface area contributed by atoms with E-state index in [4.69, 9.17) is 14.7 Å². The van der Waals surface area contributed by atoms with Crippen LogP contribution in [0.2, 0.25) is 0 Å². The lowest BCUT2D eigenvalue weighted by Gasteiger charge is -2.13. The lowest BCUT2D eigenvalue weighted by molar-refractivity contribution is -0.155. The Labute approximate surface area is 154 Å². The summed E-state index contributed by atoms with van der Waals surface area (Å²) in [6.07, 6.45) is -1.05. The highest BCUT2D eigenvalue weighted by Crippen LogP contribution is 2.22. The topological polar surface area (TPSA) is 105 Å². The maximum Gasteiger partial charge on any atom is 0.344 e. The Morgan fingerprint density at radius 2 is 2.08 bits per heavy atom. The number of carbonyl (C=O) groups is 3. The van der Waals surface area contributed by atoms with Crippen molar-refractivity contribution in [2.75, 3.05) is 11.9 Å². The van der Waals surface area contributed by atoms with Crippen LogP contribution in [0.25, 0.3) is 0 Å². The minimum Gasteiger partial charge on any atom is -0.482 e. The first-order valence-electron chi connectivity index (χ1n) is 7.62. The van der Waals surface area contributed by atoms with E-state index in [1.54, 1.807) is 29.6 Å². The second-order valence-electron chi connectivity index (χ2n) is 5.27. The Morgan fingerprint density at radius 1 is 1.31 bits per heavy atom. The Morgan fingerprint density at radius 3 is 2.77 bits per heavy atom. The molecule has 8 heteroatoms. The van der Waals surface area contributed by atoms with Crippen LogP contribution in [0.5, 0.6) is 5.75 Å². The number of esters is 1. The molecule has 0 fully saturated rings. The van der Waals surface area contributed by atoms with Crippen LogP contribution in [0.1, 0.15) is 29.8 Å². The summed E-state index contributed by atoms with van der Waals surface area (Å²) in [5.74, 6) is -1.04. The smallest absolute Gasteiger partial charge is 0.344 e. The van der Waals surface area contributed by atoms with Gasteiger partial charge in [0.15, 0.2) is 18.5 Å². The molecule has 1 aromatic carbocycles. The molecule has 0 aliphatic carbocycles. The average Bonchev–Trinajstić information content (AvgIpc) is 3.07. The van der Waals surface area contributed by atoms with Gasteiger partial charge in [0.25, 0.3) is 5.91 Å². The van der Waals surface area contributed by atoms with Gasteiger partial charge in [0, 0.05) is 5.56 Å². The molecule has 1 N–H and O–H groups in total. The van der Waals surface area contributed by atoms with Gasteiger partial charge in [-0.05, 0) is 37.4 Å². The second-order valence-corrected chi connectivity index (χ2v) is 6.19. The van der Waals surface area contributed by atoms with E-state index in [2.05, 4.69) is 5.32 Å². The monoisotopic (exact) mass is 372 g/mol. The van der Waals surface area contributed by atoms with E-state index < -0.39 is 24.6 Å². The van der Waals surface area contributed by atoms with E-state index in [0.29, 0.717) is 21.9 Å². The molecule has 2 rings (SSSR count). The van der Waals surface area contributed by atoms with Crippen molar-refractivity contribution < 1.29 is 23.9 Å². The number of ketones is 1. The van der Waals surface area contributed by atoms with Gasteiger partial charge in [-0.3, -0.25) is 9.59 Å². The largest absolute Gasteiger partial charge is 0.482 e. The summed E-state index contributed by atoms with van der Waals surface area (Å²) in [6.45, 7) is 2.45. The van der Waals surface area contributed by atoms with Crippen molar-refractivity contribution in [2.24, 2.45) is 0 Å². The van der Waals surface area contributed by atoms with Crippen LogP contribution in [0, 0.1) is 11.3 Å². The molecule has 26 heavy (non-hydrogen) atoms. The summed E-state index contributed by atoms with van der Waals surface area (Å²) in [6, 6.07) is 9.94. The number of amides is 1. The average molecular weight is 372 g/mol. The molecule has 134 valence electrons. The molecule has 2 aromatic rings. The molecule has 7 nitrogen and oxygen atoms in total. The van der Waals surface area contributed by atoms with Crippen LogP contribution in [0.15, 0.2) is 35.7 Å². The standard InChI is InChI=1S/C18H16N2O5S/c1-11(21)13-4-3-5-15(8-13)24-10-16(22)25-12(2)17(23)20-18-14(9-19)6-7-26-18/h3-8,12H,10H2,1-2H3,(H,20,23)/t12-/m0/s1. The van der Waals surface area contributed by atoms with Crippen molar-refractivity contribution in [2.45, 2.75) is 20.0 Å². The van der Waals surface area contributed by atoms with E-state index in [9.17, 15) is 14.4 Å². The fraction of sp³-hybridized carbons (Fsp3) is 0.222. The molecule has 0 spiro atoms. The van der Waals surface area contributed by atoms with Gasteiger partial charge in [0.1, 0.15) is 16.8 Å². The third-order valence-corrected chi connectivity index (χ3v) is 4.13. The van der Waals surface area contributed by atoms with Crippen LogP contribution < -0.4 is 10.1 Å². The van der Waals surface area contributed by atoms with Gasteiger partial charge in [-0.15, -0.1) is 11.3 Å². The molecule has 0 bridgehead atoms. The van der Waals surface area contributed by atoms with Gasteiger partial charge in [-0.1, -0.05) is 12.1 Å². The number of carbonyl (C=O) groups excluding carboxylic acids is 3. The molecule has 1 heterocycles. The first-order valence-corrected chi connectivity index (χ1v) is 8.50. The SMILES string of the molecule is CC(=O)c1cccc(OCC(=O)O[C@@H](C)C(=O)Nc2sccc2C#N)c1. The summed E-state index contributed by atoms with van der Waals surface area (Å²) in [7, 11) is 0. The minimum atomic E-state index is -1.05. The number of anilines is 1. The first kappa shape index (κ1) is 19.1. The van der Waals surface area contributed by atoms with Gasteiger partial charge < -0.3 is 14.8 Å². The van der Waals surface area contributed by atoms with Gasteiger partial charge in [0.2, 0.25) is 0 Å². The number of Topliss-reactive ketones (excluding diaryl/α,β-unsaturated/α-hetero) is 1. The zero-order valence-electron chi connectivity index (χ0n) is 14.1. The van der Waals surface area contributed by atoms with Crippen molar-refractivity contribution in [1.82, 2.24) is 0 Å². The van der Waals surface area contributed by atoms with Gasteiger partial charge in [0.05, 0.1) is 5.56 Å². The molecular formula is C18H16N2O5S. The number of ether oxygens (including phenoxy) is 2. The third kappa shape index (κ3) is 5.16. The maximum atomic E-state index is 12.0. The molecule has 0 saturated heterocycles. The van der Waals surface area contributed by atoms with E-state index in [0.717, 1.165) is 0 Å². The summed E-state index contributed by atoms with van der Waals surface area (Å²) >= 11 is 1.20. The van der Waals surface area contributed by atoms with E-state index in [1.807, 2.05) is 6.07 Å². The van der Waals surface area contributed by atoms with Crippen molar-refractivity contribution in [3.8, 4) is 11.8 Å². The molecule has 0 aliphatic rings. The number of nitrogens with zero attached hydrogens (tertiary/aromatic N) is 1. The predicted octanol–water partition coefficient (Wildman–Crippen LogP) is 2.77. The summed E-state index contributed by atoms with van der Waals surface area (Å²) in [5.41, 5.74) is 0.809. The molecule has 1 amide bonds. The zero-order chi connectivity index (χ0) is 19.1. The fourth-order valence-corrected chi connectivity index (χ4v) is 2.68. The quantitative estimate of drug-likeness (QED) is 0.592. The predicted molar refractivity (Wildman–Crippen MR) is 95.2 cm³/mol. The Bertz CT molecular complexity index is 868. The number of benzene rings is 1. The van der Waals surface area contributed by atoms with Crippen LogP contribution in [0.3, 0.4) is 0 Å². The number of rotatable bonds is 7. The van der Waals surface area contributed by atoms with Crippen molar-refractivity contribution in [3.05, 3.63) is 46.8 Å². The van der Waals surface area contributed by atoms with E-state index in [1.165, 1.54) is 31.3 Å². The van der Waals surface area contributed by atoms with E-state index >= 15 is 0 Å². The number of hydrogen-bond donors (Lipinski definition) is 1. The lowest BCUT2D eigenvalue weighted by Crippen LogP contribution is -2.31. The third-order valence-electron chi connectivity index (χ3n) is 3.30. The molecule has 0 saturated carbocycles. The van der Waals surface area contributed by atoms with Gasteiger partial charge in [-0.25, -0.2) is 4.79 Å². The first-order chi connectivity index (χ1) is 12.4. The van der Waals surface area contributed by atoms with Gasteiger partial charge >= 0.3 is 5.97 Å². The van der Waals surface area contributed by atoms with Crippen molar-refractivity contribution in [1.29, 1.82) is 5.26 Å². The Balaban J connectivity index is 1.85. The van der Waals surface area contributed by atoms with E-state index in [-0.39, 0.29) is 5.78 Å². The molecular weight excluding hydrogens is 356 g/mol. The maximum absolute atomic E-state index is 12.0. The van der Waals surface area contributed by atoms with Crippen LogP contribution >= 0.6 is 11.3 Å². The van der Waals surface area contributed by atoms with Crippen molar-refractivity contribution in [3.63, 3.8) is 0 Å². The minimum absolute atomic E-state index is 0.117. The highest BCUT2D eigenvalue weighted by atomic mass is 32.1. The van der Waals surface area contributed by atoms with Crippen LogP contribution in [-0.4, -0.2) is 30.4 Å². The highest BCUT2D eigenvalue weighted by Gasteiger charge is 2.20. The number of hydrogen-bond acceptors (Lipinski definition) is 7. The number of thiophene rings is 1. The normalized spacial score (nSPS) is 11.1. The summed E-state index contributed by atoms with van der Waals surface area (Å²) in [4.78, 5) is 35.2. The number of nitrogens with one attached hydrogen (secondary N) is 1. The lowest BCUT2D eigenvalue weighted by atomic mass is 10.1. The van der Waals surface area contributed by atoms with Crippen LogP contribution in [-0.2, 0) is 14.3 Å². The highest BCUT2D eigenvalue weighted by molar-refractivity contribution is 7.14. The van der Waals surface area contributed by atoms with Crippen molar-refractivity contribution >= 4 is 34.0 Å². The molecule has 0 aliphatic heterocycles. The van der Waals surface area contributed by atoms with Crippen LogP contribution in [0.4, 0.5) is 5.00 Å². The molecule has 0 radical (unpaired) electrons. The van der Waals surface area contributed by atoms with Gasteiger partial charge in [-0.2, -0.15) is 5.26 Å². The Kier molecular flexibility index (Phi) is 6.47. The molecule has 1 aromatic heterocycles. The second kappa shape index (κ2) is 8.78. The zero-order valence-corrected chi connectivity index (χ0v) is 15.0. The summed E-state index contributed by atoms with van der Waals surface area (Å²) < 4.78 is 10.3. The Hall–Kier alpha value is -3.18. The number of nitriles is 1. The fourth-order valence-electron chi connectivity index (χ4n) is 1.94. The molecule has 1 atom stereocenters. The summed E-state index contributed by atoms with van der Waals surface area (Å²) in [5, 5.41) is 13.5. The molecule has 0 unspecified atom stereocenters.